The third-order valence-corrected chi connectivity index (χ3v) is 6.62. The molecule has 24 heavy (non-hydrogen) atoms. The van der Waals surface area contributed by atoms with Crippen LogP contribution in [0, 0.1) is 6.92 Å². The Morgan fingerprint density at radius 1 is 1.17 bits per heavy atom. The smallest absolute Gasteiger partial charge is 0.264 e. The van der Waals surface area contributed by atoms with Gasteiger partial charge in [0.1, 0.15) is 0 Å². The van der Waals surface area contributed by atoms with E-state index in [0.29, 0.717) is 0 Å². The first-order valence-corrected chi connectivity index (χ1v) is 9.61. The predicted octanol–water partition coefficient (Wildman–Crippen LogP) is 4.24. The van der Waals surface area contributed by atoms with Gasteiger partial charge in [0.15, 0.2) is 0 Å². The summed E-state index contributed by atoms with van der Waals surface area (Å²) >= 11 is 1.60. The van der Waals surface area contributed by atoms with Gasteiger partial charge in [-0.2, -0.15) is 0 Å². The molecule has 2 fully saturated rings. The maximum atomic E-state index is 13.2. The summed E-state index contributed by atoms with van der Waals surface area (Å²) in [4.78, 5) is 17.3. The van der Waals surface area contributed by atoms with Gasteiger partial charge in [0, 0.05) is 17.0 Å². The van der Waals surface area contributed by atoms with E-state index in [4.69, 9.17) is 0 Å². The van der Waals surface area contributed by atoms with Crippen molar-refractivity contribution in [3.8, 4) is 10.4 Å². The number of hydrogen-bond acceptors (Lipinski definition) is 3. The van der Waals surface area contributed by atoms with Gasteiger partial charge in [0.25, 0.3) is 5.91 Å². The second-order valence-corrected chi connectivity index (χ2v) is 8.12. The number of thiophene rings is 1. The molecule has 1 aromatic carbocycles. The van der Waals surface area contributed by atoms with Crippen LogP contribution in [0.2, 0.25) is 0 Å². The number of rotatable bonds is 2. The SMILES string of the molecule is Cc1cc(C(=O)N2[C@@H]3CCC[C@H]2CC(O)C3)sc1-c1ccccc1. The van der Waals surface area contributed by atoms with Crippen molar-refractivity contribution in [2.45, 2.75) is 57.2 Å². The number of hydrogen-bond donors (Lipinski definition) is 1. The number of aliphatic hydroxyl groups excluding tert-OH is 1. The predicted molar refractivity (Wildman–Crippen MR) is 97.3 cm³/mol. The van der Waals surface area contributed by atoms with E-state index in [2.05, 4.69) is 24.0 Å². The summed E-state index contributed by atoms with van der Waals surface area (Å²) in [5.41, 5.74) is 2.34. The number of nitrogens with zero attached hydrogens (tertiary/aromatic N) is 1. The molecule has 1 unspecified atom stereocenters. The lowest BCUT2D eigenvalue weighted by atomic mass is 9.83. The van der Waals surface area contributed by atoms with Crippen molar-refractivity contribution in [2.24, 2.45) is 0 Å². The first kappa shape index (κ1) is 15.9. The minimum Gasteiger partial charge on any atom is -0.393 e. The Kier molecular flexibility index (Phi) is 4.19. The number of amides is 1. The van der Waals surface area contributed by atoms with E-state index in [9.17, 15) is 9.90 Å². The summed E-state index contributed by atoms with van der Waals surface area (Å²) in [5, 5.41) is 10.0. The zero-order valence-corrected chi connectivity index (χ0v) is 14.8. The maximum absolute atomic E-state index is 13.2. The summed E-state index contributed by atoms with van der Waals surface area (Å²) in [6.45, 7) is 2.08. The van der Waals surface area contributed by atoms with Crippen LogP contribution in [0.5, 0.6) is 0 Å². The Hall–Kier alpha value is -1.65. The van der Waals surface area contributed by atoms with Crippen LogP contribution in [0.3, 0.4) is 0 Å². The fourth-order valence-electron chi connectivity index (χ4n) is 4.28. The van der Waals surface area contributed by atoms with Crippen molar-refractivity contribution in [3.63, 3.8) is 0 Å². The van der Waals surface area contributed by atoms with Crippen molar-refractivity contribution in [3.05, 3.63) is 46.8 Å². The topological polar surface area (TPSA) is 40.5 Å². The molecular weight excluding hydrogens is 318 g/mol. The van der Waals surface area contributed by atoms with Gasteiger partial charge >= 0.3 is 0 Å². The average molecular weight is 341 g/mol. The quantitative estimate of drug-likeness (QED) is 0.887. The van der Waals surface area contributed by atoms with Crippen LogP contribution in [0.4, 0.5) is 0 Å². The molecule has 3 heterocycles. The first-order chi connectivity index (χ1) is 11.6. The highest BCUT2D eigenvalue weighted by atomic mass is 32.1. The first-order valence-electron chi connectivity index (χ1n) is 8.80. The summed E-state index contributed by atoms with van der Waals surface area (Å²) in [6, 6.07) is 12.7. The molecule has 4 heteroatoms. The molecule has 126 valence electrons. The molecule has 2 bridgehead atoms. The third kappa shape index (κ3) is 2.78. The van der Waals surface area contributed by atoms with E-state index in [0.717, 1.165) is 36.1 Å². The van der Waals surface area contributed by atoms with Crippen LogP contribution < -0.4 is 0 Å². The molecular formula is C20H23NO2S. The fraction of sp³-hybridized carbons (Fsp3) is 0.450. The Morgan fingerprint density at radius 2 is 1.83 bits per heavy atom. The van der Waals surface area contributed by atoms with Crippen LogP contribution in [-0.4, -0.2) is 34.1 Å². The van der Waals surface area contributed by atoms with Crippen LogP contribution in [0.25, 0.3) is 10.4 Å². The van der Waals surface area contributed by atoms with E-state index < -0.39 is 0 Å². The molecule has 3 atom stereocenters. The molecule has 2 aromatic rings. The Balaban J connectivity index is 1.63. The van der Waals surface area contributed by atoms with Crippen molar-refractivity contribution in [2.75, 3.05) is 0 Å². The summed E-state index contributed by atoms with van der Waals surface area (Å²) < 4.78 is 0. The van der Waals surface area contributed by atoms with Crippen LogP contribution in [-0.2, 0) is 0 Å². The lowest BCUT2D eigenvalue weighted by molar-refractivity contribution is -0.0148. The Labute approximate surface area is 146 Å². The number of aryl methyl sites for hydroxylation is 1. The highest BCUT2D eigenvalue weighted by Gasteiger charge is 2.41. The largest absolute Gasteiger partial charge is 0.393 e. The molecule has 2 aliphatic rings. The highest BCUT2D eigenvalue weighted by molar-refractivity contribution is 7.17. The molecule has 2 aliphatic heterocycles. The molecule has 0 spiro atoms. The lowest BCUT2D eigenvalue weighted by Gasteiger charge is -2.47. The standard InChI is InChI=1S/C20H23NO2S/c1-13-10-18(24-19(13)14-6-3-2-4-7-14)20(23)21-15-8-5-9-16(21)12-17(22)11-15/h2-4,6-7,10,15-17,22H,5,8-9,11-12H2,1H3/t15-,16+,17?. The maximum Gasteiger partial charge on any atom is 0.264 e. The van der Waals surface area contributed by atoms with E-state index >= 15 is 0 Å². The summed E-state index contributed by atoms with van der Waals surface area (Å²) in [5.74, 6) is 0.159. The number of carbonyl (C=O) groups is 1. The molecule has 0 aliphatic carbocycles. The van der Waals surface area contributed by atoms with Gasteiger partial charge in [-0.05, 0) is 56.2 Å². The zero-order valence-electron chi connectivity index (χ0n) is 13.9. The Bertz CT molecular complexity index is 725. The second kappa shape index (κ2) is 6.34. The van der Waals surface area contributed by atoms with Gasteiger partial charge in [0.2, 0.25) is 0 Å². The molecule has 0 saturated carbocycles. The fourth-order valence-corrected chi connectivity index (χ4v) is 5.40. The van der Waals surface area contributed by atoms with Crippen molar-refractivity contribution in [1.29, 1.82) is 0 Å². The minimum atomic E-state index is -0.241. The molecule has 4 rings (SSSR count). The van der Waals surface area contributed by atoms with E-state index in [1.807, 2.05) is 24.3 Å². The van der Waals surface area contributed by atoms with E-state index in [1.54, 1.807) is 11.3 Å². The van der Waals surface area contributed by atoms with E-state index in [-0.39, 0.29) is 24.1 Å². The van der Waals surface area contributed by atoms with Crippen LogP contribution in [0.1, 0.15) is 47.3 Å². The minimum absolute atomic E-state index is 0.159. The van der Waals surface area contributed by atoms with Gasteiger partial charge in [-0.25, -0.2) is 0 Å². The van der Waals surface area contributed by atoms with Crippen molar-refractivity contribution < 1.29 is 9.90 Å². The van der Waals surface area contributed by atoms with Gasteiger partial charge in [-0.3, -0.25) is 4.79 Å². The summed E-state index contributed by atoms with van der Waals surface area (Å²) in [7, 11) is 0. The number of fused-ring (bicyclic) bond motifs is 2. The van der Waals surface area contributed by atoms with Gasteiger partial charge in [-0.1, -0.05) is 30.3 Å². The highest BCUT2D eigenvalue weighted by Crippen LogP contribution is 2.38. The van der Waals surface area contributed by atoms with Gasteiger partial charge in [-0.15, -0.1) is 11.3 Å². The molecule has 1 aromatic heterocycles. The second-order valence-electron chi connectivity index (χ2n) is 7.07. The van der Waals surface area contributed by atoms with Gasteiger partial charge < -0.3 is 10.0 Å². The summed E-state index contributed by atoms with van der Waals surface area (Å²) in [6.07, 6.45) is 4.44. The zero-order chi connectivity index (χ0) is 16.7. The molecule has 1 amide bonds. The lowest BCUT2D eigenvalue weighted by Crippen LogP contribution is -2.55. The molecule has 0 radical (unpaired) electrons. The third-order valence-electron chi connectivity index (χ3n) is 5.35. The molecule has 3 nitrogen and oxygen atoms in total. The normalized spacial score (nSPS) is 26.4. The van der Waals surface area contributed by atoms with Gasteiger partial charge in [0.05, 0.1) is 11.0 Å². The monoisotopic (exact) mass is 341 g/mol. The van der Waals surface area contributed by atoms with Crippen molar-refractivity contribution in [1.82, 2.24) is 4.90 Å². The number of benzene rings is 1. The number of piperidine rings is 2. The van der Waals surface area contributed by atoms with Crippen LogP contribution in [0.15, 0.2) is 36.4 Å². The Morgan fingerprint density at radius 3 is 2.50 bits per heavy atom. The molecule has 2 saturated heterocycles. The van der Waals surface area contributed by atoms with Crippen LogP contribution >= 0.6 is 11.3 Å². The van der Waals surface area contributed by atoms with Crippen molar-refractivity contribution >= 4 is 17.2 Å². The molecule has 1 N–H and O–H groups in total. The average Bonchev–Trinajstić information content (AvgIpc) is 2.96. The number of carbonyl (C=O) groups excluding carboxylic acids is 1. The van der Waals surface area contributed by atoms with E-state index in [1.165, 1.54) is 16.9 Å². The number of aliphatic hydroxyl groups is 1.